The van der Waals surface area contributed by atoms with Crippen molar-refractivity contribution in [2.45, 2.75) is 72.1 Å². The summed E-state index contributed by atoms with van der Waals surface area (Å²) in [7, 11) is 2.60. The second-order valence-electron chi connectivity index (χ2n) is 11.9. The molecule has 10 heteroatoms. The van der Waals surface area contributed by atoms with Crippen LogP contribution in [0.15, 0.2) is 24.8 Å². The highest BCUT2D eigenvalue weighted by atomic mass is 16.5. The Labute approximate surface area is 267 Å². The normalized spacial score (nSPS) is 16.0. The fourth-order valence-corrected chi connectivity index (χ4v) is 6.68. The van der Waals surface area contributed by atoms with Gasteiger partial charge in [0, 0.05) is 57.1 Å². The smallest absolute Gasteiger partial charge is 0.340 e. The fourth-order valence-electron chi connectivity index (χ4n) is 6.68. The van der Waals surface area contributed by atoms with E-state index in [1.54, 1.807) is 6.92 Å². The summed E-state index contributed by atoms with van der Waals surface area (Å²) < 4.78 is 10.3. The van der Waals surface area contributed by atoms with Crippen LogP contribution in [0, 0.1) is 13.8 Å². The van der Waals surface area contributed by atoms with Crippen LogP contribution in [0.5, 0.6) is 0 Å². The molecule has 0 spiro atoms. The molecule has 8 bridgehead atoms. The van der Waals surface area contributed by atoms with E-state index >= 15 is 0 Å². The number of hydrogen-bond donors (Lipinski definition) is 3. The summed E-state index contributed by atoms with van der Waals surface area (Å²) in [6, 6.07) is 5.97. The number of ether oxygens (including phenoxy) is 2. The van der Waals surface area contributed by atoms with Gasteiger partial charge in [-0.1, -0.05) is 26.5 Å². The van der Waals surface area contributed by atoms with Crippen molar-refractivity contribution >= 4 is 57.2 Å². The van der Waals surface area contributed by atoms with Gasteiger partial charge in [0.25, 0.3) is 0 Å². The highest BCUT2D eigenvalue weighted by molar-refractivity contribution is 6.25. The van der Waals surface area contributed by atoms with Crippen molar-refractivity contribution in [1.82, 2.24) is 19.9 Å². The number of carbonyl (C=O) groups excluding carboxylic acids is 2. The lowest BCUT2D eigenvalue weighted by molar-refractivity contribution is -0.140. The Morgan fingerprint density at radius 1 is 0.957 bits per heavy atom. The number of carbonyl (C=O) groups is 3. The van der Waals surface area contributed by atoms with Crippen LogP contribution in [0.4, 0.5) is 0 Å². The summed E-state index contributed by atoms with van der Waals surface area (Å²) in [5.74, 6) is -2.64. The third-order valence-electron chi connectivity index (χ3n) is 9.34. The monoisotopic (exact) mass is 624 g/mol. The number of allylic oxidation sites excluding steroid dienone is 1. The van der Waals surface area contributed by atoms with Crippen LogP contribution in [0.2, 0.25) is 0 Å². The number of methoxy groups -OCH3 is 2. The third kappa shape index (κ3) is 5.63. The van der Waals surface area contributed by atoms with Gasteiger partial charge in [0.1, 0.15) is 0 Å². The Morgan fingerprint density at radius 3 is 2.28 bits per heavy atom. The molecule has 46 heavy (non-hydrogen) atoms. The molecule has 0 unspecified atom stereocenters. The number of aliphatic carboxylic acids is 1. The third-order valence-corrected chi connectivity index (χ3v) is 9.34. The molecule has 0 saturated heterocycles. The molecule has 240 valence electrons. The number of aromatic amines is 2. The van der Waals surface area contributed by atoms with Gasteiger partial charge in [-0.2, -0.15) is 0 Å². The quantitative estimate of drug-likeness (QED) is 0.234. The van der Waals surface area contributed by atoms with Gasteiger partial charge in [0.2, 0.25) is 0 Å². The zero-order valence-corrected chi connectivity index (χ0v) is 27.4. The minimum atomic E-state index is -0.936. The van der Waals surface area contributed by atoms with Crippen molar-refractivity contribution in [3.05, 3.63) is 75.4 Å². The molecule has 10 nitrogen and oxygen atoms in total. The number of carboxylic acids is 1. The molecule has 3 N–H and O–H groups in total. The SMILES string of the molecule is C=Cc1c(C)c2cc3nc(c(CC(=O)OC)c4nc(cc5[nH]c(cc1[nH]2)c(C)c5CC)C(C)=C4C(=O)OC)[C@@H](CCC(=O)O)[C@@H]3C. The van der Waals surface area contributed by atoms with E-state index in [0.29, 0.717) is 28.2 Å². The minimum absolute atomic E-state index is 0.0987. The molecule has 3 aromatic heterocycles. The van der Waals surface area contributed by atoms with Gasteiger partial charge in [-0.15, -0.1) is 0 Å². The van der Waals surface area contributed by atoms with Crippen LogP contribution >= 0.6 is 0 Å². The Morgan fingerprint density at radius 2 is 1.65 bits per heavy atom. The number of esters is 2. The maximum Gasteiger partial charge on any atom is 0.340 e. The predicted molar refractivity (Wildman–Crippen MR) is 178 cm³/mol. The van der Waals surface area contributed by atoms with E-state index in [4.69, 9.17) is 19.4 Å². The zero-order chi connectivity index (χ0) is 33.4. The van der Waals surface area contributed by atoms with Crippen LogP contribution in [0.25, 0.3) is 39.3 Å². The minimum Gasteiger partial charge on any atom is -0.481 e. The topological polar surface area (TPSA) is 147 Å². The van der Waals surface area contributed by atoms with Crippen molar-refractivity contribution < 1.29 is 29.0 Å². The molecule has 5 heterocycles. The number of fused-ring (bicyclic) bond motifs is 8. The number of nitrogens with zero attached hydrogens (tertiary/aromatic N) is 2. The maximum atomic E-state index is 13.4. The molecule has 0 saturated carbocycles. The van der Waals surface area contributed by atoms with Crippen LogP contribution in [-0.2, 0) is 36.7 Å². The summed E-state index contributed by atoms with van der Waals surface area (Å²) in [5, 5.41) is 9.63. The van der Waals surface area contributed by atoms with Crippen molar-refractivity contribution in [1.29, 1.82) is 0 Å². The number of hydrogen-bond acceptors (Lipinski definition) is 7. The van der Waals surface area contributed by atoms with Crippen LogP contribution in [0.3, 0.4) is 0 Å². The highest BCUT2D eigenvalue weighted by Crippen LogP contribution is 2.44. The molecular formula is C36H40N4O6. The Bertz CT molecular complexity index is 1980. The number of nitrogens with one attached hydrogen (secondary N) is 2. The van der Waals surface area contributed by atoms with Gasteiger partial charge in [0.05, 0.1) is 43.3 Å². The largest absolute Gasteiger partial charge is 0.481 e. The molecule has 0 fully saturated rings. The average Bonchev–Trinajstić information content (AvgIpc) is 3.71. The van der Waals surface area contributed by atoms with Gasteiger partial charge in [-0.25, -0.2) is 9.78 Å². The second-order valence-corrected chi connectivity index (χ2v) is 11.9. The standard InChI is InChI=1S/C36H40N4O6/c1-9-21-17(3)25-14-27-19(5)23(11-12-31(41)42)34(39-27)24(13-32(43)45-7)35-33(36(44)46-8)20(6)28(40-35)16-30-22(10-2)18(4)26(38-30)15-29(21)37-25/h9,14-16,19,23,37-38H,1,10-13H2,2-8H3,(H,41,42)/t19-,23-/m0/s1. The molecule has 0 aliphatic carbocycles. The Hall–Kier alpha value is -4.99. The van der Waals surface area contributed by atoms with E-state index in [-0.39, 0.29) is 42.4 Å². The first kappa shape index (κ1) is 32.4. The van der Waals surface area contributed by atoms with E-state index in [9.17, 15) is 19.5 Å². The van der Waals surface area contributed by atoms with Gasteiger partial charge >= 0.3 is 17.9 Å². The van der Waals surface area contributed by atoms with E-state index < -0.39 is 17.9 Å². The van der Waals surface area contributed by atoms with Gasteiger partial charge < -0.3 is 24.5 Å². The molecular weight excluding hydrogens is 584 g/mol. The fraction of sp³-hybridized carbons (Fsp3) is 0.361. The molecule has 3 aromatic rings. The summed E-state index contributed by atoms with van der Waals surface area (Å²) in [6.45, 7) is 14.1. The van der Waals surface area contributed by atoms with Crippen molar-refractivity contribution in [2.75, 3.05) is 14.2 Å². The molecule has 0 radical (unpaired) electrons. The van der Waals surface area contributed by atoms with E-state index in [1.807, 2.05) is 32.1 Å². The van der Waals surface area contributed by atoms with Crippen molar-refractivity contribution in [3.8, 4) is 0 Å². The number of H-pyrrole nitrogens is 2. The zero-order valence-electron chi connectivity index (χ0n) is 27.4. The van der Waals surface area contributed by atoms with E-state index in [0.717, 1.165) is 50.7 Å². The maximum absolute atomic E-state index is 13.4. The van der Waals surface area contributed by atoms with Crippen LogP contribution in [0.1, 0.15) is 96.0 Å². The van der Waals surface area contributed by atoms with Crippen LogP contribution < -0.4 is 0 Å². The summed E-state index contributed by atoms with van der Waals surface area (Å²) in [4.78, 5) is 55.2. The first-order valence-corrected chi connectivity index (χ1v) is 15.4. The first-order chi connectivity index (χ1) is 21.9. The number of carboxylic acid groups (broad SMARTS) is 1. The molecule has 2 atom stereocenters. The van der Waals surface area contributed by atoms with Gasteiger partial charge in [0.15, 0.2) is 0 Å². The first-order valence-electron chi connectivity index (χ1n) is 15.4. The second kappa shape index (κ2) is 12.8. The predicted octanol–water partition coefficient (Wildman–Crippen LogP) is 6.71. The lowest BCUT2D eigenvalue weighted by Crippen LogP contribution is -2.14. The summed E-state index contributed by atoms with van der Waals surface area (Å²) in [5.41, 5.74) is 11.0. The van der Waals surface area contributed by atoms with Gasteiger partial charge in [-0.3, -0.25) is 14.6 Å². The Kier molecular flexibility index (Phi) is 9.01. The summed E-state index contributed by atoms with van der Waals surface area (Å²) in [6.07, 6.45) is 2.55. The number of aryl methyl sites for hydroxylation is 3. The Balaban J connectivity index is 2.04. The van der Waals surface area contributed by atoms with E-state index in [1.165, 1.54) is 14.2 Å². The lowest BCUT2D eigenvalue weighted by atomic mass is 9.84. The van der Waals surface area contributed by atoms with Crippen LogP contribution in [-0.4, -0.2) is 57.2 Å². The van der Waals surface area contributed by atoms with Gasteiger partial charge in [-0.05, 0) is 74.1 Å². The van der Waals surface area contributed by atoms with Crippen molar-refractivity contribution in [2.24, 2.45) is 0 Å². The number of aromatic nitrogens is 4. The average molecular weight is 625 g/mol. The molecule has 0 amide bonds. The molecule has 5 rings (SSSR count). The number of rotatable bonds is 8. The molecule has 0 aromatic carbocycles. The lowest BCUT2D eigenvalue weighted by Gasteiger charge is -2.18. The van der Waals surface area contributed by atoms with E-state index in [2.05, 4.69) is 36.5 Å². The molecule has 2 aliphatic heterocycles. The highest BCUT2D eigenvalue weighted by Gasteiger charge is 2.36. The van der Waals surface area contributed by atoms with Crippen molar-refractivity contribution in [3.63, 3.8) is 0 Å². The molecule has 2 aliphatic rings. The summed E-state index contributed by atoms with van der Waals surface area (Å²) >= 11 is 0.